The molecule has 0 aliphatic carbocycles. The van der Waals surface area contributed by atoms with Gasteiger partial charge in [0, 0.05) is 24.6 Å². The van der Waals surface area contributed by atoms with Crippen molar-refractivity contribution in [3.8, 4) is 0 Å². The normalized spacial score (nSPS) is 8.74. The lowest BCUT2D eigenvalue weighted by Crippen LogP contribution is -2.28. The van der Waals surface area contributed by atoms with Crippen LogP contribution >= 0.6 is 0 Å². The Morgan fingerprint density at radius 1 is 0.913 bits per heavy atom. The van der Waals surface area contributed by atoms with Crippen molar-refractivity contribution in [2.45, 2.75) is 47.6 Å². The van der Waals surface area contributed by atoms with Crippen LogP contribution in [0.1, 0.15) is 45.7 Å². The van der Waals surface area contributed by atoms with Crippen molar-refractivity contribution in [1.82, 2.24) is 10.3 Å². The zero-order chi connectivity index (χ0) is 17.5. The van der Waals surface area contributed by atoms with E-state index in [2.05, 4.69) is 22.5 Å². The predicted octanol–water partition coefficient (Wildman–Crippen LogP) is 5.02. The van der Waals surface area contributed by atoms with Crippen molar-refractivity contribution in [2.24, 2.45) is 0 Å². The van der Waals surface area contributed by atoms with Gasteiger partial charge in [0.2, 0.25) is 0 Å². The summed E-state index contributed by atoms with van der Waals surface area (Å²) in [7, 11) is 0. The minimum absolute atomic E-state index is 0.207. The molecular formula is C19H29N3O. The molecule has 0 fully saturated rings. The van der Waals surface area contributed by atoms with Crippen molar-refractivity contribution in [3.05, 3.63) is 59.9 Å². The number of urea groups is 1. The molecule has 0 saturated carbocycles. The summed E-state index contributed by atoms with van der Waals surface area (Å²) in [4.78, 5) is 15.6. The standard InChI is InChI=1S/C15H17N3O.2C2H6/c1-2-12-3-5-14(6-4-12)18-15(19)17-11-13-7-9-16-10-8-13;2*1-2/h3-10H,2,11H2,1H3,(H2,17,18,19);2*1-2H3. The fourth-order valence-corrected chi connectivity index (χ4v) is 1.68. The lowest BCUT2D eigenvalue weighted by Gasteiger charge is -2.08. The zero-order valence-electron chi connectivity index (χ0n) is 14.9. The fraction of sp³-hybridized carbons (Fsp3) is 0.368. The molecule has 0 atom stereocenters. The fourth-order valence-electron chi connectivity index (χ4n) is 1.68. The van der Waals surface area contributed by atoms with Crippen LogP contribution in [0.15, 0.2) is 48.8 Å². The van der Waals surface area contributed by atoms with Gasteiger partial charge in [0.1, 0.15) is 0 Å². The molecule has 4 nitrogen and oxygen atoms in total. The highest BCUT2D eigenvalue weighted by molar-refractivity contribution is 5.89. The van der Waals surface area contributed by atoms with E-state index in [1.807, 2.05) is 64.1 Å². The Balaban J connectivity index is 0.00000112. The molecule has 0 aliphatic heterocycles. The lowest BCUT2D eigenvalue weighted by atomic mass is 10.1. The second-order valence-corrected chi connectivity index (χ2v) is 4.21. The first kappa shape index (κ1) is 20.6. The van der Waals surface area contributed by atoms with Gasteiger partial charge in [0.15, 0.2) is 0 Å². The van der Waals surface area contributed by atoms with E-state index in [0.29, 0.717) is 6.54 Å². The van der Waals surface area contributed by atoms with Gasteiger partial charge in [-0.2, -0.15) is 0 Å². The Hall–Kier alpha value is -2.36. The number of hydrogen-bond donors (Lipinski definition) is 2. The van der Waals surface area contributed by atoms with Gasteiger partial charge in [-0.1, -0.05) is 46.8 Å². The van der Waals surface area contributed by atoms with E-state index >= 15 is 0 Å². The van der Waals surface area contributed by atoms with E-state index in [1.54, 1.807) is 12.4 Å². The van der Waals surface area contributed by atoms with Gasteiger partial charge in [-0.05, 0) is 41.8 Å². The minimum Gasteiger partial charge on any atom is -0.334 e. The first-order valence-corrected chi connectivity index (χ1v) is 8.30. The predicted molar refractivity (Wildman–Crippen MR) is 98.6 cm³/mol. The number of rotatable bonds is 4. The SMILES string of the molecule is CC.CC.CCc1ccc(NC(=O)NCc2ccncc2)cc1. The van der Waals surface area contributed by atoms with Gasteiger partial charge in [0.05, 0.1) is 0 Å². The van der Waals surface area contributed by atoms with E-state index in [4.69, 9.17) is 0 Å². The van der Waals surface area contributed by atoms with E-state index in [9.17, 15) is 4.79 Å². The first-order valence-electron chi connectivity index (χ1n) is 8.30. The number of carbonyl (C=O) groups is 1. The molecule has 23 heavy (non-hydrogen) atoms. The number of nitrogens with one attached hydrogen (secondary N) is 2. The van der Waals surface area contributed by atoms with E-state index in [-0.39, 0.29) is 6.03 Å². The molecule has 0 unspecified atom stereocenters. The van der Waals surface area contributed by atoms with Crippen molar-refractivity contribution in [3.63, 3.8) is 0 Å². The second-order valence-electron chi connectivity index (χ2n) is 4.21. The maximum absolute atomic E-state index is 11.7. The smallest absolute Gasteiger partial charge is 0.319 e. The number of aromatic nitrogens is 1. The van der Waals surface area contributed by atoms with Crippen LogP contribution in [0.4, 0.5) is 10.5 Å². The molecule has 0 bridgehead atoms. The Morgan fingerprint density at radius 2 is 1.48 bits per heavy atom. The average Bonchev–Trinajstić information content (AvgIpc) is 2.65. The topological polar surface area (TPSA) is 54.0 Å². The highest BCUT2D eigenvalue weighted by Gasteiger charge is 2.01. The summed E-state index contributed by atoms with van der Waals surface area (Å²) in [6, 6.07) is 11.4. The number of carbonyl (C=O) groups excluding carboxylic acids is 1. The Morgan fingerprint density at radius 3 is 2.00 bits per heavy atom. The minimum atomic E-state index is -0.207. The first-order chi connectivity index (χ1) is 11.3. The molecule has 2 rings (SSSR count). The number of benzene rings is 1. The van der Waals surface area contributed by atoms with Crippen LogP contribution in [0.2, 0.25) is 0 Å². The summed E-state index contributed by atoms with van der Waals surface area (Å²) in [6.45, 7) is 10.6. The molecule has 2 amide bonds. The van der Waals surface area contributed by atoms with Gasteiger partial charge in [-0.3, -0.25) is 4.98 Å². The molecule has 0 aliphatic rings. The molecule has 1 aromatic carbocycles. The third-order valence-corrected chi connectivity index (χ3v) is 2.82. The van der Waals surface area contributed by atoms with Crippen LogP contribution in [-0.2, 0) is 13.0 Å². The summed E-state index contributed by atoms with van der Waals surface area (Å²) in [5.41, 5.74) is 3.07. The molecule has 0 radical (unpaired) electrons. The number of pyridine rings is 1. The van der Waals surface area contributed by atoms with Crippen LogP contribution < -0.4 is 10.6 Å². The average molecular weight is 315 g/mol. The molecule has 2 N–H and O–H groups in total. The zero-order valence-corrected chi connectivity index (χ0v) is 14.9. The number of aryl methyl sites for hydroxylation is 1. The Kier molecular flexibility index (Phi) is 11.9. The van der Waals surface area contributed by atoms with Gasteiger partial charge in [-0.15, -0.1) is 0 Å². The number of anilines is 1. The van der Waals surface area contributed by atoms with Crippen LogP contribution in [0.5, 0.6) is 0 Å². The highest BCUT2D eigenvalue weighted by atomic mass is 16.2. The maximum Gasteiger partial charge on any atom is 0.319 e. The van der Waals surface area contributed by atoms with E-state index in [0.717, 1.165) is 17.7 Å². The van der Waals surface area contributed by atoms with Gasteiger partial charge < -0.3 is 10.6 Å². The van der Waals surface area contributed by atoms with Crippen molar-refractivity contribution in [1.29, 1.82) is 0 Å². The highest BCUT2D eigenvalue weighted by Crippen LogP contribution is 2.09. The summed E-state index contributed by atoms with van der Waals surface area (Å²) < 4.78 is 0. The lowest BCUT2D eigenvalue weighted by molar-refractivity contribution is 0.251. The maximum atomic E-state index is 11.7. The second kappa shape index (κ2) is 13.3. The Labute approximate surface area is 140 Å². The molecule has 0 saturated heterocycles. The summed E-state index contributed by atoms with van der Waals surface area (Å²) >= 11 is 0. The van der Waals surface area contributed by atoms with Gasteiger partial charge >= 0.3 is 6.03 Å². The quantitative estimate of drug-likeness (QED) is 0.832. The van der Waals surface area contributed by atoms with Crippen molar-refractivity contribution < 1.29 is 4.79 Å². The monoisotopic (exact) mass is 315 g/mol. The molecule has 0 spiro atoms. The molecule has 1 aromatic heterocycles. The number of nitrogens with zero attached hydrogens (tertiary/aromatic N) is 1. The van der Waals surface area contributed by atoms with Crippen LogP contribution in [0.25, 0.3) is 0 Å². The number of amides is 2. The van der Waals surface area contributed by atoms with Crippen LogP contribution in [0, 0.1) is 0 Å². The summed E-state index contributed by atoms with van der Waals surface area (Å²) in [6.07, 6.45) is 4.41. The number of hydrogen-bond acceptors (Lipinski definition) is 2. The van der Waals surface area contributed by atoms with Crippen LogP contribution in [-0.4, -0.2) is 11.0 Å². The van der Waals surface area contributed by atoms with Gasteiger partial charge in [0.25, 0.3) is 0 Å². The van der Waals surface area contributed by atoms with E-state index < -0.39 is 0 Å². The van der Waals surface area contributed by atoms with Crippen LogP contribution in [0.3, 0.4) is 0 Å². The van der Waals surface area contributed by atoms with Gasteiger partial charge in [-0.25, -0.2) is 4.79 Å². The summed E-state index contributed by atoms with van der Waals surface area (Å²) in [5.74, 6) is 0. The van der Waals surface area contributed by atoms with Crippen molar-refractivity contribution in [2.75, 3.05) is 5.32 Å². The molecule has 1 heterocycles. The third kappa shape index (κ3) is 8.61. The van der Waals surface area contributed by atoms with E-state index in [1.165, 1.54) is 5.56 Å². The molecule has 126 valence electrons. The molecule has 4 heteroatoms. The molecular weight excluding hydrogens is 286 g/mol. The summed E-state index contributed by atoms with van der Waals surface area (Å²) in [5, 5.41) is 5.60. The van der Waals surface area contributed by atoms with Crippen molar-refractivity contribution >= 4 is 11.7 Å². The third-order valence-electron chi connectivity index (χ3n) is 2.82. The largest absolute Gasteiger partial charge is 0.334 e. The molecule has 2 aromatic rings. The Bertz CT molecular complexity index is 524.